The minimum atomic E-state index is -4.42. The highest BCUT2D eigenvalue weighted by Gasteiger charge is 2.33. The SMILES string of the molecule is FC(F)(F)c1ccccc1Nc1nc(-c2ccc(Cl)cc2)cs1. The van der Waals surface area contributed by atoms with Gasteiger partial charge in [0.15, 0.2) is 5.13 Å². The van der Waals surface area contributed by atoms with E-state index in [-0.39, 0.29) is 5.69 Å². The van der Waals surface area contributed by atoms with Gasteiger partial charge < -0.3 is 5.32 Å². The van der Waals surface area contributed by atoms with E-state index in [0.717, 1.165) is 11.6 Å². The van der Waals surface area contributed by atoms with E-state index in [2.05, 4.69) is 10.3 Å². The molecule has 0 amide bonds. The third-order valence-electron chi connectivity index (χ3n) is 3.12. The number of hydrogen-bond donors (Lipinski definition) is 1. The molecule has 0 aliphatic heterocycles. The van der Waals surface area contributed by atoms with E-state index in [0.29, 0.717) is 15.8 Å². The summed E-state index contributed by atoms with van der Waals surface area (Å²) in [5.41, 5.74) is 0.793. The second-order valence-corrected chi connectivity index (χ2v) is 6.01. The van der Waals surface area contributed by atoms with E-state index in [9.17, 15) is 13.2 Å². The van der Waals surface area contributed by atoms with Gasteiger partial charge in [-0.1, -0.05) is 35.9 Å². The summed E-state index contributed by atoms with van der Waals surface area (Å²) < 4.78 is 39.0. The first-order chi connectivity index (χ1) is 10.9. The maximum absolute atomic E-state index is 13.0. The highest BCUT2D eigenvalue weighted by Crippen LogP contribution is 2.36. The zero-order valence-corrected chi connectivity index (χ0v) is 13.1. The van der Waals surface area contributed by atoms with Gasteiger partial charge in [0.05, 0.1) is 16.9 Å². The van der Waals surface area contributed by atoms with Crippen LogP contribution in [0.4, 0.5) is 24.0 Å². The van der Waals surface area contributed by atoms with Crippen LogP contribution in [0.15, 0.2) is 53.9 Å². The van der Waals surface area contributed by atoms with Crippen LogP contribution >= 0.6 is 22.9 Å². The molecule has 3 aromatic rings. The Morgan fingerprint density at radius 3 is 2.39 bits per heavy atom. The van der Waals surface area contributed by atoms with Crippen molar-refractivity contribution >= 4 is 33.8 Å². The van der Waals surface area contributed by atoms with Crippen LogP contribution < -0.4 is 5.32 Å². The molecule has 118 valence electrons. The van der Waals surface area contributed by atoms with Crippen LogP contribution in [-0.2, 0) is 6.18 Å². The maximum Gasteiger partial charge on any atom is 0.418 e. The Morgan fingerprint density at radius 1 is 1.00 bits per heavy atom. The zero-order valence-electron chi connectivity index (χ0n) is 11.6. The third-order valence-corrected chi connectivity index (χ3v) is 4.13. The molecule has 0 saturated carbocycles. The molecule has 3 rings (SSSR count). The van der Waals surface area contributed by atoms with E-state index in [1.165, 1.54) is 23.5 Å². The van der Waals surface area contributed by atoms with Crippen LogP contribution in [0.1, 0.15) is 5.56 Å². The number of aromatic nitrogens is 1. The van der Waals surface area contributed by atoms with Gasteiger partial charge in [-0.3, -0.25) is 0 Å². The molecular formula is C16H10ClF3N2S. The molecule has 0 unspecified atom stereocenters. The predicted molar refractivity (Wildman–Crippen MR) is 87.3 cm³/mol. The topological polar surface area (TPSA) is 24.9 Å². The van der Waals surface area contributed by atoms with Crippen LogP contribution in [0.25, 0.3) is 11.3 Å². The molecule has 0 bridgehead atoms. The first-order valence-electron chi connectivity index (χ1n) is 6.58. The molecule has 1 N–H and O–H groups in total. The number of nitrogens with one attached hydrogen (secondary N) is 1. The van der Waals surface area contributed by atoms with Crippen molar-refractivity contribution < 1.29 is 13.2 Å². The maximum atomic E-state index is 13.0. The lowest BCUT2D eigenvalue weighted by atomic mass is 10.1. The quantitative estimate of drug-likeness (QED) is 0.603. The lowest BCUT2D eigenvalue weighted by Gasteiger charge is -2.12. The van der Waals surface area contributed by atoms with Crippen molar-refractivity contribution in [3.05, 3.63) is 64.5 Å². The number of halogens is 4. The zero-order chi connectivity index (χ0) is 16.4. The number of benzene rings is 2. The highest BCUT2D eigenvalue weighted by atomic mass is 35.5. The molecule has 0 aliphatic rings. The number of anilines is 2. The monoisotopic (exact) mass is 354 g/mol. The smallest absolute Gasteiger partial charge is 0.331 e. The average molecular weight is 355 g/mol. The molecule has 0 atom stereocenters. The van der Waals surface area contributed by atoms with Crippen molar-refractivity contribution in [2.45, 2.75) is 6.18 Å². The Morgan fingerprint density at radius 2 is 1.70 bits per heavy atom. The summed E-state index contributed by atoms with van der Waals surface area (Å²) in [5.74, 6) is 0. The molecule has 0 radical (unpaired) electrons. The molecular weight excluding hydrogens is 345 g/mol. The number of alkyl halides is 3. The lowest BCUT2D eigenvalue weighted by Crippen LogP contribution is -2.08. The lowest BCUT2D eigenvalue weighted by molar-refractivity contribution is -0.136. The Labute approximate surface area is 139 Å². The normalized spacial score (nSPS) is 11.5. The largest absolute Gasteiger partial charge is 0.418 e. The van der Waals surface area contributed by atoms with E-state index in [4.69, 9.17) is 11.6 Å². The standard InChI is InChI=1S/C16H10ClF3N2S/c17-11-7-5-10(6-8-11)14-9-23-15(22-14)21-13-4-2-1-3-12(13)16(18,19)20/h1-9H,(H,21,22). The van der Waals surface area contributed by atoms with Gasteiger partial charge in [0.2, 0.25) is 0 Å². The van der Waals surface area contributed by atoms with E-state index in [1.54, 1.807) is 23.6 Å². The molecule has 0 spiro atoms. The van der Waals surface area contributed by atoms with Crippen molar-refractivity contribution in [1.29, 1.82) is 0 Å². The Balaban J connectivity index is 1.87. The molecule has 7 heteroatoms. The number of thiazole rings is 1. The third kappa shape index (κ3) is 3.65. The number of para-hydroxylation sites is 1. The number of nitrogens with zero attached hydrogens (tertiary/aromatic N) is 1. The van der Waals surface area contributed by atoms with Crippen LogP contribution in [0.3, 0.4) is 0 Å². The van der Waals surface area contributed by atoms with E-state index >= 15 is 0 Å². The number of rotatable bonds is 3. The summed E-state index contributed by atoms with van der Waals surface area (Å²) in [5, 5.41) is 5.53. The molecule has 0 fully saturated rings. The van der Waals surface area contributed by atoms with Crippen LogP contribution in [0.5, 0.6) is 0 Å². The van der Waals surface area contributed by atoms with Gasteiger partial charge in [-0.2, -0.15) is 13.2 Å². The fourth-order valence-corrected chi connectivity index (χ4v) is 2.90. The Hall–Kier alpha value is -2.05. The van der Waals surface area contributed by atoms with Crippen molar-refractivity contribution in [3.63, 3.8) is 0 Å². The average Bonchev–Trinajstić information content (AvgIpc) is 2.96. The van der Waals surface area contributed by atoms with E-state index in [1.807, 2.05) is 12.1 Å². The molecule has 2 nitrogen and oxygen atoms in total. The summed E-state index contributed by atoms with van der Waals surface area (Å²) in [6.07, 6.45) is -4.42. The predicted octanol–water partition coefficient (Wildman–Crippen LogP) is 6.23. The summed E-state index contributed by atoms with van der Waals surface area (Å²) in [4.78, 5) is 4.33. The summed E-state index contributed by atoms with van der Waals surface area (Å²) in [7, 11) is 0. The molecule has 23 heavy (non-hydrogen) atoms. The summed E-state index contributed by atoms with van der Waals surface area (Å²) in [6.45, 7) is 0. The van der Waals surface area contributed by atoms with Crippen molar-refractivity contribution in [1.82, 2.24) is 4.98 Å². The minimum Gasteiger partial charge on any atom is -0.331 e. The molecule has 1 aromatic heterocycles. The van der Waals surface area contributed by atoms with Crippen molar-refractivity contribution in [2.75, 3.05) is 5.32 Å². The highest BCUT2D eigenvalue weighted by molar-refractivity contribution is 7.14. The van der Waals surface area contributed by atoms with Gasteiger partial charge in [-0.05, 0) is 24.3 Å². The molecule has 0 saturated heterocycles. The van der Waals surface area contributed by atoms with Crippen LogP contribution in [-0.4, -0.2) is 4.98 Å². The second kappa shape index (κ2) is 6.22. The Bertz CT molecular complexity index is 813. The number of hydrogen-bond acceptors (Lipinski definition) is 3. The van der Waals surface area contributed by atoms with Gasteiger partial charge in [-0.25, -0.2) is 4.98 Å². The van der Waals surface area contributed by atoms with E-state index < -0.39 is 11.7 Å². The fraction of sp³-hybridized carbons (Fsp3) is 0.0625. The Kier molecular flexibility index (Phi) is 4.28. The van der Waals surface area contributed by atoms with Gasteiger partial charge in [-0.15, -0.1) is 11.3 Å². The van der Waals surface area contributed by atoms with Gasteiger partial charge >= 0.3 is 6.18 Å². The first kappa shape index (κ1) is 15.8. The summed E-state index contributed by atoms with van der Waals surface area (Å²) >= 11 is 7.08. The van der Waals surface area contributed by atoms with Gasteiger partial charge in [0, 0.05) is 16.0 Å². The molecule has 0 aliphatic carbocycles. The molecule has 1 heterocycles. The second-order valence-electron chi connectivity index (χ2n) is 4.71. The van der Waals surface area contributed by atoms with Gasteiger partial charge in [0.1, 0.15) is 0 Å². The summed E-state index contributed by atoms with van der Waals surface area (Å²) in [6, 6.07) is 12.4. The molecule has 2 aromatic carbocycles. The van der Waals surface area contributed by atoms with Gasteiger partial charge in [0.25, 0.3) is 0 Å². The van der Waals surface area contributed by atoms with Crippen molar-refractivity contribution in [2.24, 2.45) is 0 Å². The minimum absolute atomic E-state index is 0.0167. The van der Waals surface area contributed by atoms with Crippen molar-refractivity contribution in [3.8, 4) is 11.3 Å². The van der Waals surface area contributed by atoms with Crippen LogP contribution in [0, 0.1) is 0 Å². The first-order valence-corrected chi connectivity index (χ1v) is 7.84. The fourth-order valence-electron chi connectivity index (χ4n) is 2.04. The van der Waals surface area contributed by atoms with Crippen LogP contribution in [0.2, 0.25) is 5.02 Å².